The van der Waals surface area contributed by atoms with E-state index in [9.17, 15) is 22.8 Å². The molecule has 2 aliphatic heterocycles. The Morgan fingerprint density at radius 1 is 0.962 bits per heavy atom. The number of carbonyl (C=O) groups is 1. The second-order valence-electron chi connectivity index (χ2n) is 14.7. The maximum atomic E-state index is 13.8. The number of aromatic nitrogens is 3. The predicted octanol–water partition coefficient (Wildman–Crippen LogP) is 4.68. The minimum atomic E-state index is -3.24. The van der Waals surface area contributed by atoms with Gasteiger partial charge in [0, 0.05) is 86.6 Å². The molecule has 4 heterocycles. The van der Waals surface area contributed by atoms with Crippen LogP contribution in [0, 0.1) is 20.8 Å². The molecule has 3 fully saturated rings. The Kier molecular flexibility index (Phi) is 9.96. The van der Waals surface area contributed by atoms with Crippen molar-refractivity contribution in [3.8, 4) is 11.1 Å². The Bertz CT molecular complexity index is 2240. The summed E-state index contributed by atoms with van der Waals surface area (Å²) in [4.78, 5) is 45.4. The molecular formula is C39H50N6O6S. The largest absolute Gasteiger partial charge is 0.381 e. The number of aryl methyl sites for hydroxylation is 3. The fourth-order valence-corrected chi connectivity index (χ4v) is 10.2. The van der Waals surface area contributed by atoms with Gasteiger partial charge in [-0.1, -0.05) is 12.1 Å². The molecule has 12 nitrogen and oxygen atoms in total. The number of fused-ring (bicyclic) bond motifs is 1. The van der Waals surface area contributed by atoms with Crippen LogP contribution < -0.4 is 21.5 Å². The summed E-state index contributed by atoms with van der Waals surface area (Å²) in [5.74, 6) is -0.251. The maximum absolute atomic E-state index is 13.8. The topological polar surface area (TPSA) is 139 Å². The first-order chi connectivity index (χ1) is 24.9. The summed E-state index contributed by atoms with van der Waals surface area (Å²) in [7, 11) is -1.45. The number of nitrogens with one attached hydrogen (secondary N) is 2. The van der Waals surface area contributed by atoms with Crippen LogP contribution in [0.2, 0.25) is 0 Å². The van der Waals surface area contributed by atoms with Gasteiger partial charge in [-0.25, -0.2) is 17.5 Å². The number of piperidine rings is 1. The number of imidazole rings is 1. The Morgan fingerprint density at radius 2 is 1.67 bits per heavy atom. The zero-order valence-electron chi connectivity index (χ0n) is 30.8. The summed E-state index contributed by atoms with van der Waals surface area (Å²) in [5, 5.41) is 2.76. The van der Waals surface area contributed by atoms with Gasteiger partial charge >= 0.3 is 5.69 Å². The molecule has 2 aromatic heterocycles. The number of pyridine rings is 1. The van der Waals surface area contributed by atoms with Crippen LogP contribution in [-0.2, 0) is 28.4 Å². The molecule has 13 heteroatoms. The van der Waals surface area contributed by atoms with Crippen LogP contribution in [0.15, 0.2) is 46.0 Å². The number of sulfonamides is 1. The normalized spacial score (nSPS) is 17.9. The van der Waals surface area contributed by atoms with E-state index in [1.165, 1.54) is 0 Å². The van der Waals surface area contributed by atoms with Crippen molar-refractivity contribution in [3.05, 3.63) is 85.2 Å². The highest BCUT2D eigenvalue weighted by Gasteiger charge is 2.41. The SMILES string of the molecule is CCN(c1c(-c2ccc3c(c2)n(C)c(=O)n3C2CCN(S(=O)(=O)C3CC3)CC2)ccc(C(=O)NCc2c(C)cc(C)[nH]c2=O)c1C)C1CCOCC1. The summed E-state index contributed by atoms with van der Waals surface area (Å²) < 4.78 is 36.6. The first-order valence-electron chi connectivity index (χ1n) is 18.6. The predicted molar refractivity (Wildman–Crippen MR) is 204 cm³/mol. The molecule has 0 atom stereocenters. The Hall–Kier alpha value is -4.20. The quantitative estimate of drug-likeness (QED) is 0.242. The van der Waals surface area contributed by atoms with Gasteiger partial charge in [-0.2, -0.15) is 0 Å². The highest BCUT2D eigenvalue weighted by Crippen LogP contribution is 2.40. The minimum absolute atomic E-state index is 0.0910. The van der Waals surface area contributed by atoms with Crippen molar-refractivity contribution in [2.45, 2.75) is 90.1 Å². The van der Waals surface area contributed by atoms with Crippen LogP contribution in [0.25, 0.3) is 22.2 Å². The molecule has 3 aliphatic rings. The lowest BCUT2D eigenvalue weighted by Gasteiger charge is -2.38. The van der Waals surface area contributed by atoms with E-state index in [0.29, 0.717) is 50.3 Å². The van der Waals surface area contributed by atoms with Gasteiger partial charge in [-0.05, 0) is 107 Å². The molecule has 1 aliphatic carbocycles. The number of anilines is 1. The molecule has 278 valence electrons. The average molecular weight is 731 g/mol. The van der Waals surface area contributed by atoms with E-state index in [1.54, 1.807) is 15.9 Å². The first kappa shape index (κ1) is 36.2. The first-order valence-corrected chi connectivity index (χ1v) is 20.1. The van der Waals surface area contributed by atoms with E-state index in [2.05, 4.69) is 28.2 Å². The molecular weight excluding hydrogens is 681 g/mol. The monoisotopic (exact) mass is 730 g/mol. The highest BCUT2D eigenvalue weighted by atomic mass is 32.2. The van der Waals surface area contributed by atoms with Gasteiger partial charge < -0.3 is 19.9 Å². The molecule has 0 spiro atoms. The number of aromatic amines is 1. The second kappa shape index (κ2) is 14.3. The number of nitrogens with zero attached hydrogens (tertiary/aromatic N) is 4. The van der Waals surface area contributed by atoms with Crippen LogP contribution >= 0.6 is 0 Å². The Balaban J connectivity index is 1.24. The van der Waals surface area contributed by atoms with Gasteiger partial charge in [0.25, 0.3) is 11.5 Å². The average Bonchev–Trinajstić information content (AvgIpc) is 3.96. The summed E-state index contributed by atoms with van der Waals surface area (Å²) in [6.07, 6.45) is 4.41. The highest BCUT2D eigenvalue weighted by molar-refractivity contribution is 7.90. The zero-order valence-corrected chi connectivity index (χ0v) is 31.6. The number of ether oxygens (including phenoxy) is 1. The molecule has 1 saturated carbocycles. The number of rotatable bonds is 10. The number of amides is 1. The van der Waals surface area contributed by atoms with E-state index >= 15 is 0 Å². The fraction of sp³-hybridized carbons (Fsp3) is 0.513. The van der Waals surface area contributed by atoms with E-state index in [-0.39, 0.29) is 41.0 Å². The standard InChI is InChI=1S/C39H50N6O6S/c1-6-44(28-15-19-51-20-16-28)36-26(4)31(37(46)40-23-33-24(2)21-25(3)41-38(33)47)10-11-32(36)27-7-12-34-35(22-27)42(5)39(48)45(34)29-13-17-43(18-14-29)52(49,50)30-8-9-30/h7,10-12,21-22,28-30H,6,8-9,13-20,23H2,1-5H3,(H,40,46)(H,41,47). The smallest absolute Gasteiger partial charge is 0.329 e. The molecule has 2 N–H and O–H groups in total. The van der Waals surface area contributed by atoms with Crippen molar-refractivity contribution in [2.24, 2.45) is 7.05 Å². The number of carbonyl (C=O) groups excluding carboxylic acids is 1. The lowest BCUT2D eigenvalue weighted by Crippen LogP contribution is -2.42. The van der Waals surface area contributed by atoms with Gasteiger partial charge in [0.1, 0.15) is 0 Å². The molecule has 2 saturated heterocycles. The van der Waals surface area contributed by atoms with Gasteiger partial charge in [0.15, 0.2) is 0 Å². The molecule has 52 heavy (non-hydrogen) atoms. The van der Waals surface area contributed by atoms with Crippen molar-refractivity contribution in [1.82, 2.24) is 23.7 Å². The van der Waals surface area contributed by atoms with Crippen molar-refractivity contribution in [3.63, 3.8) is 0 Å². The summed E-state index contributed by atoms with van der Waals surface area (Å²) in [6.45, 7) is 10.9. The van der Waals surface area contributed by atoms with Crippen molar-refractivity contribution < 1.29 is 17.9 Å². The van der Waals surface area contributed by atoms with Crippen molar-refractivity contribution in [1.29, 1.82) is 0 Å². The zero-order chi connectivity index (χ0) is 36.9. The summed E-state index contributed by atoms with van der Waals surface area (Å²) in [6, 6.07) is 12.0. The van der Waals surface area contributed by atoms with Gasteiger partial charge in [0.05, 0.1) is 16.3 Å². The molecule has 0 radical (unpaired) electrons. The third-order valence-electron chi connectivity index (χ3n) is 11.3. The number of benzene rings is 2. The molecule has 0 unspecified atom stereocenters. The van der Waals surface area contributed by atoms with Crippen molar-refractivity contribution in [2.75, 3.05) is 37.7 Å². The second-order valence-corrected chi connectivity index (χ2v) is 16.9. The minimum Gasteiger partial charge on any atom is -0.381 e. The maximum Gasteiger partial charge on any atom is 0.329 e. The van der Waals surface area contributed by atoms with Crippen LogP contribution in [-0.4, -0.2) is 76.9 Å². The lowest BCUT2D eigenvalue weighted by molar-refractivity contribution is 0.0846. The summed E-state index contributed by atoms with van der Waals surface area (Å²) >= 11 is 0. The molecule has 7 rings (SSSR count). The molecule has 4 aromatic rings. The molecule has 1 amide bonds. The van der Waals surface area contributed by atoms with E-state index in [0.717, 1.165) is 76.9 Å². The van der Waals surface area contributed by atoms with E-state index in [1.807, 2.05) is 55.7 Å². The number of H-pyrrole nitrogens is 1. The Labute approximate surface area is 304 Å². The van der Waals surface area contributed by atoms with Gasteiger partial charge in [0.2, 0.25) is 10.0 Å². The van der Waals surface area contributed by atoms with Gasteiger partial charge in [-0.3, -0.25) is 18.7 Å². The van der Waals surface area contributed by atoms with Crippen LogP contribution in [0.4, 0.5) is 5.69 Å². The fourth-order valence-electron chi connectivity index (χ4n) is 8.33. The third kappa shape index (κ3) is 6.62. The van der Waals surface area contributed by atoms with Crippen LogP contribution in [0.1, 0.15) is 84.2 Å². The van der Waals surface area contributed by atoms with Gasteiger partial charge in [-0.15, -0.1) is 0 Å². The molecule has 2 aromatic carbocycles. The molecule has 0 bridgehead atoms. The van der Waals surface area contributed by atoms with E-state index < -0.39 is 10.0 Å². The van der Waals surface area contributed by atoms with Crippen LogP contribution in [0.5, 0.6) is 0 Å². The van der Waals surface area contributed by atoms with Crippen molar-refractivity contribution >= 4 is 32.7 Å². The summed E-state index contributed by atoms with van der Waals surface area (Å²) in [5.41, 5.74) is 7.71. The third-order valence-corrected chi connectivity index (χ3v) is 13.7. The Morgan fingerprint density at radius 3 is 2.33 bits per heavy atom. The van der Waals surface area contributed by atoms with E-state index in [4.69, 9.17) is 4.74 Å². The van der Waals surface area contributed by atoms with Crippen LogP contribution in [0.3, 0.4) is 0 Å². The lowest BCUT2D eigenvalue weighted by atomic mass is 9.93. The number of hydrogen-bond acceptors (Lipinski definition) is 7. The number of hydrogen-bond donors (Lipinski definition) is 2.